The zero-order chi connectivity index (χ0) is 14.8. The number of amides is 2. The van der Waals surface area contributed by atoms with Gasteiger partial charge in [-0.15, -0.1) is 0 Å². The van der Waals surface area contributed by atoms with Crippen molar-refractivity contribution in [2.75, 3.05) is 20.3 Å². The number of hydrogen-bond donors (Lipinski definition) is 3. The highest BCUT2D eigenvalue weighted by Crippen LogP contribution is 1.93. The van der Waals surface area contributed by atoms with Gasteiger partial charge in [0.1, 0.15) is 6.04 Å². The maximum absolute atomic E-state index is 11.5. The number of carboxylic acid groups (broad SMARTS) is 1. The number of ether oxygens (including phenoxy) is 1. The first-order valence-electron chi connectivity index (χ1n) is 6.35. The second-order valence-electron chi connectivity index (χ2n) is 4.23. The standard InChI is InChI=1S/C12H20N4O4/c1-20-8-3-10(11(17)18)15-12(19)14-4-2-6-16-7-5-13-9-16/h5,7,9-10H,2-4,6,8H2,1H3,(H,17,18)(H2,14,15,19). The van der Waals surface area contributed by atoms with Gasteiger partial charge in [0.15, 0.2) is 0 Å². The van der Waals surface area contributed by atoms with Gasteiger partial charge in [0.2, 0.25) is 0 Å². The summed E-state index contributed by atoms with van der Waals surface area (Å²) in [5.41, 5.74) is 0. The van der Waals surface area contributed by atoms with Crippen molar-refractivity contribution in [2.45, 2.75) is 25.4 Å². The fourth-order valence-electron chi connectivity index (χ4n) is 1.58. The molecule has 3 N–H and O–H groups in total. The monoisotopic (exact) mass is 284 g/mol. The van der Waals surface area contributed by atoms with Gasteiger partial charge >= 0.3 is 12.0 Å². The van der Waals surface area contributed by atoms with Crippen LogP contribution in [0.1, 0.15) is 12.8 Å². The van der Waals surface area contributed by atoms with Crippen molar-refractivity contribution >= 4 is 12.0 Å². The molecule has 1 unspecified atom stereocenters. The van der Waals surface area contributed by atoms with E-state index in [4.69, 9.17) is 9.84 Å². The number of carbonyl (C=O) groups is 2. The molecule has 0 aliphatic rings. The largest absolute Gasteiger partial charge is 0.480 e. The van der Waals surface area contributed by atoms with Crippen LogP contribution in [0, 0.1) is 0 Å². The van der Waals surface area contributed by atoms with Crippen LogP contribution in [0.2, 0.25) is 0 Å². The second-order valence-corrected chi connectivity index (χ2v) is 4.23. The van der Waals surface area contributed by atoms with Crippen LogP contribution in [0.3, 0.4) is 0 Å². The van der Waals surface area contributed by atoms with Crippen molar-refractivity contribution in [3.63, 3.8) is 0 Å². The number of aryl methyl sites for hydroxylation is 1. The van der Waals surface area contributed by atoms with E-state index in [1.165, 1.54) is 7.11 Å². The fraction of sp³-hybridized carbons (Fsp3) is 0.583. The molecule has 0 radical (unpaired) electrons. The lowest BCUT2D eigenvalue weighted by molar-refractivity contribution is -0.139. The van der Waals surface area contributed by atoms with Gasteiger partial charge < -0.3 is 25.0 Å². The van der Waals surface area contributed by atoms with Gasteiger partial charge in [0.05, 0.1) is 6.33 Å². The van der Waals surface area contributed by atoms with E-state index in [0.29, 0.717) is 6.54 Å². The molecular formula is C12H20N4O4. The number of aromatic nitrogens is 2. The van der Waals surface area contributed by atoms with Gasteiger partial charge in [-0.25, -0.2) is 14.6 Å². The molecule has 0 bridgehead atoms. The Bertz CT molecular complexity index is 408. The first-order chi connectivity index (χ1) is 9.63. The molecule has 112 valence electrons. The Morgan fingerprint density at radius 1 is 1.50 bits per heavy atom. The molecule has 0 aliphatic carbocycles. The van der Waals surface area contributed by atoms with E-state index in [-0.39, 0.29) is 13.0 Å². The van der Waals surface area contributed by atoms with Gasteiger partial charge in [-0.1, -0.05) is 0 Å². The summed E-state index contributed by atoms with van der Waals surface area (Å²) < 4.78 is 6.70. The van der Waals surface area contributed by atoms with Crippen molar-refractivity contribution in [1.29, 1.82) is 0 Å². The number of urea groups is 1. The topological polar surface area (TPSA) is 105 Å². The van der Waals surface area contributed by atoms with E-state index < -0.39 is 18.0 Å². The average molecular weight is 284 g/mol. The van der Waals surface area contributed by atoms with Crippen LogP contribution >= 0.6 is 0 Å². The van der Waals surface area contributed by atoms with Gasteiger partial charge in [-0.2, -0.15) is 0 Å². The molecule has 0 saturated heterocycles. The van der Waals surface area contributed by atoms with Crippen LogP contribution < -0.4 is 10.6 Å². The summed E-state index contributed by atoms with van der Waals surface area (Å²) >= 11 is 0. The van der Waals surface area contributed by atoms with Crippen molar-refractivity contribution < 1.29 is 19.4 Å². The van der Waals surface area contributed by atoms with Crippen molar-refractivity contribution in [3.05, 3.63) is 18.7 Å². The number of carbonyl (C=O) groups excluding carboxylic acids is 1. The third kappa shape index (κ3) is 6.19. The number of nitrogens with one attached hydrogen (secondary N) is 2. The van der Waals surface area contributed by atoms with Crippen molar-refractivity contribution in [2.24, 2.45) is 0 Å². The molecule has 0 saturated carbocycles. The second kappa shape index (κ2) is 8.92. The Morgan fingerprint density at radius 2 is 2.30 bits per heavy atom. The Hall–Kier alpha value is -2.09. The van der Waals surface area contributed by atoms with E-state index >= 15 is 0 Å². The SMILES string of the molecule is COCCC(NC(=O)NCCCn1ccnc1)C(=O)O. The van der Waals surface area contributed by atoms with Crippen LogP contribution in [0.4, 0.5) is 4.79 Å². The number of imidazole rings is 1. The summed E-state index contributed by atoms with van der Waals surface area (Å²) in [6, 6.07) is -1.43. The van der Waals surface area contributed by atoms with Crippen LogP contribution in [0.25, 0.3) is 0 Å². The van der Waals surface area contributed by atoms with Gasteiger partial charge in [-0.05, 0) is 6.42 Å². The highest BCUT2D eigenvalue weighted by molar-refractivity contribution is 5.82. The lowest BCUT2D eigenvalue weighted by Gasteiger charge is -2.14. The quantitative estimate of drug-likeness (QED) is 0.556. The van der Waals surface area contributed by atoms with E-state index in [9.17, 15) is 9.59 Å². The molecule has 0 spiro atoms. The summed E-state index contributed by atoms with van der Waals surface area (Å²) in [5, 5.41) is 14.0. The summed E-state index contributed by atoms with van der Waals surface area (Å²) in [7, 11) is 1.48. The molecule has 8 nitrogen and oxygen atoms in total. The lowest BCUT2D eigenvalue weighted by atomic mass is 10.2. The van der Waals surface area contributed by atoms with Crippen molar-refractivity contribution in [1.82, 2.24) is 20.2 Å². The predicted octanol–water partition coefficient (Wildman–Crippen LogP) is 0.0621. The molecule has 2 amide bonds. The molecule has 1 atom stereocenters. The van der Waals surface area contributed by atoms with Crippen LogP contribution in [-0.4, -0.2) is 53.0 Å². The fourth-order valence-corrected chi connectivity index (χ4v) is 1.58. The van der Waals surface area contributed by atoms with Gasteiger partial charge in [0, 0.05) is 45.6 Å². The highest BCUT2D eigenvalue weighted by Gasteiger charge is 2.18. The number of aliphatic carboxylic acids is 1. The third-order valence-electron chi connectivity index (χ3n) is 2.65. The smallest absolute Gasteiger partial charge is 0.326 e. The molecule has 20 heavy (non-hydrogen) atoms. The molecule has 0 fully saturated rings. The number of methoxy groups -OCH3 is 1. The Morgan fingerprint density at radius 3 is 2.90 bits per heavy atom. The Balaban J connectivity index is 2.18. The molecule has 1 aromatic rings. The zero-order valence-corrected chi connectivity index (χ0v) is 11.4. The first kappa shape index (κ1) is 16.0. The normalized spacial score (nSPS) is 11.8. The number of carboxylic acids is 1. The number of hydrogen-bond acceptors (Lipinski definition) is 4. The van der Waals surface area contributed by atoms with Crippen LogP contribution in [0.5, 0.6) is 0 Å². The average Bonchev–Trinajstić information content (AvgIpc) is 2.92. The third-order valence-corrected chi connectivity index (χ3v) is 2.65. The first-order valence-corrected chi connectivity index (χ1v) is 6.35. The van der Waals surface area contributed by atoms with E-state index in [1.807, 2.05) is 10.8 Å². The minimum absolute atomic E-state index is 0.230. The maximum atomic E-state index is 11.5. The summed E-state index contributed by atoms with van der Waals surface area (Å²) in [6.07, 6.45) is 6.19. The minimum atomic E-state index is -1.07. The van der Waals surface area contributed by atoms with Gasteiger partial charge in [-0.3, -0.25) is 0 Å². The molecule has 8 heteroatoms. The molecule has 0 aromatic carbocycles. The van der Waals surface area contributed by atoms with Crippen LogP contribution in [0.15, 0.2) is 18.7 Å². The van der Waals surface area contributed by atoms with E-state index in [1.54, 1.807) is 12.5 Å². The molecule has 1 heterocycles. The minimum Gasteiger partial charge on any atom is -0.480 e. The molecule has 1 aromatic heterocycles. The summed E-state index contributed by atoms with van der Waals surface area (Å²) in [5.74, 6) is -1.07. The number of rotatable bonds is 9. The maximum Gasteiger partial charge on any atom is 0.326 e. The molecule has 1 rings (SSSR count). The Kier molecular flexibility index (Phi) is 7.12. The van der Waals surface area contributed by atoms with Gasteiger partial charge in [0.25, 0.3) is 0 Å². The molecular weight excluding hydrogens is 264 g/mol. The number of nitrogens with zero attached hydrogens (tertiary/aromatic N) is 2. The lowest BCUT2D eigenvalue weighted by Crippen LogP contribution is -2.46. The summed E-state index contributed by atoms with van der Waals surface area (Å²) in [6.45, 7) is 1.48. The van der Waals surface area contributed by atoms with E-state index in [2.05, 4.69) is 15.6 Å². The Labute approximate surface area is 117 Å². The predicted molar refractivity (Wildman–Crippen MR) is 71.3 cm³/mol. The summed E-state index contributed by atoms with van der Waals surface area (Å²) in [4.78, 5) is 26.4. The van der Waals surface area contributed by atoms with Crippen molar-refractivity contribution in [3.8, 4) is 0 Å². The van der Waals surface area contributed by atoms with E-state index in [0.717, 1.165) is 13.0 Å². The molecule has 0 aliphatic heterocycles. The highest BCUT2D eigenvalue weighted by atomic mass is 16.5. The van der Waals surface area contributed by atoms with Crippen LogP contribution in [-0.2, 0) is 16.1 Å². The zero-order valence-electron chi connectivity index (χ0n) is 11.4.